The third-order valence-corrected chi connectivity index (χ3v) is 3.12. The van der Waals surface area contributed by atoms with Gasteiger partial charge in [-0.25, -0.2) is 0 Å². The molecule has 18 heavy (non-hydrogen) atoms. The van der Waals surface area contributed by atoms with Gasteiger partial charge in [-0.1, -0.05) is 15.9 Å². The normalized spacial score (nSPS) is 23.9. The van der Waals surface area contributed by atoms with Crippen LogP contribution in [0.3, 0.4) is 0 Å². The van der Waals surface area contributed by atoms with Gasteiger partial charge in [0, 0.05) is 11.6 Å². The number of methoxy groups -OCH3 is 1. The minimum atomic E-state index is -0.0393. The fourth-order valence-electron chi connectivity index (χ4n) is 1.76. The first-order valence-corrected chi connectivity index (χ1v) is 6.67. The highest BCUT2D eigenvalue weighted by Crippen LogP contribution is 2.17. The van der Waals surface area contributed by atoms with Gasteiger partial charge in [0.25, 0.3) is 0 Å². The van der Waals surface area contributed by atoms with E-state index in [2.05, 4.69) is 15.9 Å². The van der Waals surface area contributed by atoms with Gasteiger partial charge in [-0.2, -0.15) is 0 Å². The molecule has 4 nitrogen and oxygen atoms in total. The first-order chi connectivity index (χ1) is 8.78. The number of hydrogen-bond acceptors (Lipinski definition) is 4. The predicted octanol–water partition coefficient (Wildman–Crippen LogP) is 2.26. The van der Waals surface area contributed by atoms with Gasteiger partial charge >= 0.3 is 0 Å². The molecule has 1 aromatic rings. The second kappa shape index (κ2) is 7.09. The van der Waals surface area contributed by atoms with E-state index >= 15 is 0 Å². The van der Waals surface area contributed by atoms with Gasteiger partial charge in [-0.15, -0.1) is 0 Å². The first-order valence-electron chi connectivity index (χ1n) is 5.88. The molecule has 1 fully saturated rings. The Bertz CT molecular complexity index is 353. The van der Waals surface area contributed by atoms with E-state index in [0.29, 0.717) is 26.4 Å². The van der Waals surface area contributed by atoms with Gasteiger partial charge in [0.1, 0.15) is 24.6 Å². The summed E-state index contributed by atoms with van der Waals surface area (Å²) < 4.78 is 23.0. The molecule has 0 N–H and O–H groups in total. The molecule has 0 radical (unpaired) electrons. The highest BCUT2D eigenvalue weighted by Gasteiger charge is 2.23. The van der Waals surface area contributed by atoms with Gasteiger partial charge in [-0.05, 0) is 24.3 Å². The fraction of sp³-hybridized carbons (Fsp3) is 0.538. The van der Waals surface area contributed by atoms with Crippen LogP contribution in [0, 0.1) is 0 Å². The van der Waals surface area contributed by atoms with E-state index in [9.17, 15) is 0 Å². The van der Waals surface area contributed by atoms with E-state index in [1.165, 1.54) is 0 Å². The number of benzene rings is 1. The molecule has 0 spiro atoms. The second-order valence-corrected chi connectivity index (χ2v) is 5.05. The van der Waals surface area contributed by atoms with Gasteiger partial charge in [0.15, 0.2) is 0 Å². The highest BCUT2D eigenvalue weighted by molar-refractivity contribution is 9.10. The van der Waals surface area contributed by atoms with E-state index in [0.717, 1.165) is 10.2 Å². The lowest BCUT2D eigenvalue weighted by Gasteiger charge is -2.29. The topological polar surface area (TPSA) is 36.9 Å². The zero-order chi connectivity index (χ0) is 12.8. The molecule has 0 bridgehead atoms. The summed E-state index contributed by atoms with van der Waals surface area (Å²) in [4.78, 5) is 0. The minimum absolute atomic E-state index is 0.00210. The van der Waals surface area contributed by atoms with E-state index in [1.807, 2.05) is 24.3 Å². The van der Waals surface area contributed by atoms with Crippen molar-refractivity contribution in [2.75, 3.05) is 33.5 Å². The van der Waals surface area contributed by atoms with Gasteiger partial charge in [0.05, 0.1) is 19.8 Å². The van der Waals surface area contributed by atoms with Crippen LogP contribution in [0.4, 0.5) is 0 Å². The zero-order valence-corrected chi connectivity index (χ0v) is 11.9. The number of halogens is 1. The number of hydrogen-bond donors (Lipinski definition) is 0. The van der Waals surface area contributed by atoms with E-state index in [1.54, 1.807) is 7.11 Å². The Morgan fingerprint density at radius 1 is 1.17 bits per heavy atom. The monoisotopic (exact) mass is 316 g/mol. The first kappa shape index (κ1) is 13.8. The van der Waals surface area contributed by atoms with Crippen molar-refractivity contribution in [3.8, 4) is 5.75 Å². The van der Waals surface area contributed by atoms with Crippen molar-refractivity contribution in [2.24, 2.45) is 0 Å². The van der Waals surface area contributed by atoms with Crippen molar-refractivity contribution in [1.29, 1.82) is 0 Å². The van der Waals surface area contributed by atoms with Crippen molar-refractivity contribution < 1.29 is 18.9 Å². The zero-order valence-electron chi connectivity index (χ0n) is 10.3. The predicted molar refractivity (Wildman–Crippen MR) is 71.0 cm³/mol. The maximum absolute atomic E-state index is 5.79. The summed E-state index contributed by atoms with van der Waals surface area (Å²) in [6.45, 7) is 2.19. The summed E-state index contributed by atoms with van der Waals surface area (Å²) in [5.41, 5.74) is 0. The van der Waals surface area contributed by atoms with E-state index in [-0.39, 0.29) is 12.2 Å². The Morgan fingerprint density at radius 3 is 2.50 bits per heavy atom. The second-order valence-electron chi connectivity index (χ2n) is 4.14. The molecule has 0 aromatic heterocycles. The van der Waals surface area contributed by atoms with Crippen LogP contribution in [-0.2, 0) is 14.2 Å². The molecule has 0 unspecified atom stereocenters. The molecule has 0 amide bonds. The largest absolute Gasteiger partial charge is 0.491 e. The van der Waals surface area contributed by atoms with E-state index in [4.69, 9.17) is 18.9 Å². The van der Waals surface area contributed by atoms with Crippen LogP contribution >= 0.6 is 15.9 Å². The van der Waals surface area contributed by atoms with Crippen LogP contribution in [0.1, 0.15) is 0 Å². The van der Waals surface area contributed by atoms with Crippen molar-refractivity contribution in [3.63, 3.8) is 0 Å². The maximum Gasteiger partial charge on any atom is 0.119 e. The summed E-state index contributed by atoms with van der Waals surface area (Å²) in [5, 5.41) is 0. The molecule has 100 valence electrons. The lowest BCUT2D eigenvalue weighted by molar-refractivity contribution is -0.162. The van der Waals surface area contributed by atoms with Gasteiger partial charge in [0.2, 0.25) is 0 Å². The molecule has 1 saturated heterocycles. The van der Waals surface area contributed by atoms with Crippen LogP contribution in [0.2, 0.25) is 0 Å². The molecule has 2 rings (SSSR count). The molecule has 1 aliphatic heterocycles. The lowest BCUT2D eigenvalue weighted by Crippen LogP contribution is -2.41. The summed E-state index contributed by atoms with van der Waals surface area (Å²) in [7, 11) is 1.66. The van der Waals surface area contributed by atoms with Gasteiger partial charge < -0.3 is 18.9 Å². The van der Waals surface area contributed by atoms with Crippen LogP contribution in [0.15, 0.2) is 28.7 Å². The molecule has 0 saturated carbocycles. The van der Waals surface area contributed by atoms with Gasteiger partial charge in [-0.3, -0.25) is 0 Å². The van der Waals surface area contributed by atoms with Crippen molar-refractivity contribution in [1.82, 2.24) is 0 Å². The smallest absolute Gasteiger partial charge is 0.119 e. The molecule has 1 aromatic carbocycles. The quantitative estimate of drug-likeness (QED) is 0.835. The van der Waals surface area contributed by atoms with Crippen LogP contribution in [0.25, 0.3) is 0 Å². The Hall–Kier alpha value is -0.620. The fourth-order valence-corrected chi connectivity index (χ4v) is 2.03. The van der Waals surface area contributed by atoms with Crippen LogP contribution in [-0.4, -0.2) is 45.7 Å². The minimum Gasteiger partial charge on any atom is -0.491 e. The summed E-state index contributed by atoms with van der Waals surface area (Å²) in [5.74, 6) is 0.829. The maximum atomic E-state index is 5.79. The highest BCUT2D eigenvalue weighted by atomic mass is 79.9. The summed E-state index contributed by atoms with van der Waals surface area (Å²) in [6, 6.07) is 7.73. The molecule has 1 aliphatic rings. The van der Waals surface area contributed by atoms with Crippen molar-refractivity contribution >= 4 is 15.9 Å². The molecule has 1 heterocycles. The Balaban J connectivity index is 1.77. The molecule has 0 aliphatic carbocycles. The number of ether oxygens (including phenoxy) is 4. The van der Waals surface area contributed by atoms with Crippen molar-refractivity contribution in [2.45, 2.75) is 12.2 Å². The summed E-state index contributed by atoms with van der Waals surface area (Å²) in [6.07, 6.45) is -0.0372. The molecular formula is C13H17BrO4. The number of rotatable bonds is 5. The summed E-state index contributed by atoms with van der Waals surface area (Å²) >= 11 is 3.38. The molecule has 2 atom stereocenters. The third-order valence-electron chi connectivity index (χ3n) is 2.59. The van der Waals surface area contributed by atoms with Crippen LogP contribution < -0.4 is 4.74 Å². The third kappa shape index (κ3) is 4.24. The SMILES string of the molecule is COC[C@H]1COC[C@H](COc2ccc(Br)cc2)O1. The Kier molecular flexibility index (Phi) is 5.44. The average molecular weight is 317 g/mol. The lowest BCUT2D eigenvalue weighted by atomic mass is 10.3. The Labute approximate surface area is 115 Å². The Morgan fingerprint density at radius 2 is 1.83 bits per heavy atom. The molecular weight excluding hydrogens is 300 g/mol. The average Bonchev–Trinajstić information content (AvgIpc) is 2.39. The van der Waals surface area contributed by atoms with Crippen LogP contribution in [0.5, 0.6) is 5.75 Å². The van der Waals surface area contributed by atoms with Crippen molar-refractivity contribution in [3.05, 3.63) is 28.7 Å². The standard InChI is InChI=1S/C13H17BrO4/c1-15-6-12-7-16-8-13(18-12)9-17-11-4-2-10(14)3-5-11/h2-5,12-13H,6-9H2,1H3/t12-,13+/m0/s1. The van der Waals surface area contributed by atoms with E-state index < -0.39 is 0 Å². The molecule has 5 heteroatoms.